The summed E-state index contributed by atoms with van der Waals surface area (Å²) in [6.07, 6.45) is 1.54. The molecule has 0 aliphatic heterocycles. The minimum atomic E-state index is -0.570. The second kappa shape index (κ2) is 7.92. The zero-order chi connectivity index (χ0) is 19.4. The molecule has 1 amide bonds. The highest BCUT2D eigenvalue weighted by atomic mass is 35.5. The highest BCUT2D eigenvalue weighted by Gasteiger charge is 2.17. The fourth-order valence-electron chi connectivity index (χ4n) is 2.41. The molecule has 0 unspecified atom stereocenters. The maximum absolute atomic E-state index is 12.3. The van der Waals surface area contributed by atoms with Gasteiger partial charge in [0.15, 0.2) is 0 Å². The molecule has 0 saturated carbocycles. The third kappa shape index (κ3) is 4.45. The Bertz CT molecular complexity index is 955. The molecule has 1 heterocycles. The molecule has 0 bridgehead atoms. The lowest BCUT2D eigenvalue weighted by molar-refractivity contribution is -0.385. The second-order valence-electron chi connectivity index (χ2n) is 5.71. The van der Waals surface area contributed by atoms with E-state index in [0.29, 0.717) is 17.1 Å². The van der Waals surface area contributed by atoms with Gasteiger partial charge in [0.25, 0.3) is 5.91 Å². The molecule has 0 spiro atoms. The summed E-state index contributed by atoms with van der Waals surface area (Å²) < 4.78 is 10.8. The molecule has 1 N–H and O–H groups in total. The zero-order valence-electron chi connectivity index (χ0n) is 14.2. The van der Waals surface area contributed by atoms with E-state index in [4.69, 9.17) is 20.8 Å². The molecule has 1 aromatic heterocycles. The van der Waals surface area contributed by atoms with E-state index in [1.165, 1.54) is 18.2 Å². The van der Waals surface area contributed by atoms with Crippen LogP contribution in [0.2, 0.25) is 5.02 Å². The van der Waals surface area contributed by atoms with Crippen LogP contribution in [-0.4, -0.2) is 10.8 Å². The molecule has 0 aliphatic rings. The largest absolute Gasteiger partial charge is 0.467 e. The van der Waals surface area contributed by atoms with Gasteiger partial charge >= 0.3 is 5.69 Å². The van der Waals surface area contributed by atoms with Crippen molar-refractivity contribution < 1.29 is 18.9 Å². The fourth-order valence-corrected chi connectivity index (χ4v) is 2.58. The van der Waals surface area contributed by atoms with Crippen LogP contribution in [0.3, 0.4) is 0 Å². The average Bonchev–Trinajstić information content (AvgIpc) is 3.18. The van der Waals surface area contributed by atoms with Crippen molar-refractivity contribution in [2.24, 2.45) is 0 Å². The Kier molecular flexibility index (Phi) is 5.42. The number of hydrogen-bond donors (Lipinski definition) is 1. The van der Waals surface area contributed by atoms with Crippen LogP contribution >= 0.6 is 11.6 Å². The number of nitro groups is 1. The van der Waals surface area contributed by atoms with E-state index in [1.54, 1.807) is 42.7 Å². The van der Waals surface area contributed by atoms with Crippen LogP contribution in [0, 0.1) is 10.1 Å². The molecule has 27 heavy (non-hydrogen) atoms. The molecule has 0 aliphatic carbocycles. The second-order valence-corrected chi connectivity index (χ2v) is 6.14. The van der Waals surface area contributed by atoms with Gasteiger partial charge < -0.3 is 14.5 Å². The van der Waals surface area contributed by atoms with Crippen molar-refractivity contribution in [2.45, 2.75) is 13.0 Å². The van der Waals surface area contributed by atoms with Gasteiger partial charge in [-0.25, -0.2) is 0 Å². The van der Waals surface area contributed by atoms with Crippen LogP contribution in [0.25, 0.3) is 0 Å². The summed E-state index contributed by atoms with van der Waals surface area (Å²) in [6.45, 7) is 1.81. The Morgan fingerprint density at radius 2 is 1.96 bits per heavy atom. The van der Waals surface area contributed by atoms with Crippen LogP contribution in [0.15, 0.2) is 65.3 Å². The van der Waals surface area contributed by atoms with E-state index in [9.17, 15) is 14.9 Å². The van der Waals surface area contributed by atoms with Crippen molar-refractivity contribution in [3.05, 3.63) is 87.3 Å². The van der Waals surface area contributed by atoms with Crippen LogP contribution < -0.4 is 10.1 Å². The molecule has 2 aromatic carbocycles. The van der Waals surface area contributed by atoms with Gasteiger partial charge in [-0.2, -0.15) is 0 Å². The Balaban J connectivity index is 1.70. The Morgan fingerprint density at radius 1 is 1.22 bits per heavy atom. The average molecular weight is 387 g/mol. The van der Waals surface area contributed by atoms with E-state index >= 15 is 0 Å². The number of nitrogens with one attached hydrogen (secondary N) is 1. The summed E-state index contributed by atoms with van der Waals surface area (Å²) in [5.74, 6) is 0.797. The number of halogens is 1. The summed E-state index contributed by atoms with van der Waals surface area (Å²) in [4.78, 5) is 22.8. The van der Waals surface area contributed by atoms with E-state index in [-0.39, 0.29) is 28.4 Å². The van der Waals surface area contributed by atoms with Crippen molar-refractivity contribution in [2.75, 3.05) is 0 Å². The molecule has 0 fully saturated rings. The number of hydrogen-bond acceptors (Lipinski definition) is 5. The van der Waals surface area contributed by atoms with E-state index in [2.05, 4.69) is 5.32 Å². The summed E-state index contributed by atoms with van der Waals surface area (Å²) >= 11 is 5.79. The molecular weight excluding hydrogens is 372 g/mol. The van der Waals surface area contributed by atoms with Crippen LogP contribution in [-0.2, 0) is 0 Å². The van der Waals surface area contributed by atoms with Crippen molar-refractivity contribution >= 4 is 23.2 Å². The first kappa shape index (κ1) is 18.5. The Morgan fingerprint density at radius 3 is 2.59 bits per heavy atom. The van der Waals surface area contributed by atoms with E-state index < -0.39 is 4.92 Å². The van der Waals surface area contributed by atoms with Crippen LogP contribution in [0.1, 0.15) is 29.1 Å². The van der Waals surface area contributed by atoms with Gasteiger partial charge in [0.1, 0.15) is 11.5 Å². The minimum absolute atomic E-state index is 0.0630. The molecule has 0 radical (unpaired) electrons. The molecule has 138 valence electrons. The van der Waals surface area contributed by atoms with E-state index in [1.807, 2.05) is 6.92 Å². The van der Waals surface area contributed by atoms with Gasteiger partial charge in [-0.1, -0.05) is 11.6 Å². The fraction of sp³-hybridized carbons (Fsp3) is 0.105. The monoisotopic (exact) mass is 386 g/mol. The lowest BCUT2D eigenvalue weighted by Gasteiger charge is -2.12. The Labute approximate surface area is 159 Å². The molecule has 3 rings (SSSR count). The van der Waals surface area contributed by atoms with Gasteiger partial charge in [0.2, 0.25) is 5.75 Å². The quantitative estimate of drug-likeness (QED) is 0.468. The normalized spacial score (nSPS) is 11.6. The third-order valence-corrected chi connectivity index (χ3v) is 4.01. The number of rotatable bonds is 6. The SMILES string of the molecule is C[C@@H](NC(=O)c1ccc(Oc2ccc(Cl)cc2[N+](=O)[O-])cc1)c1ccco1. The molecule has 7 nitrogen and oxygen atoms in total. The van der Waals surface area contributed by atoms with Gasteiger partial charge in [-0.3, -0.25) is 14.9 Å². The van der Waals surface area contributed by atoms with Gasteiger partial charge in [0.05, 0.1) is 17.2 Å². The topological polar surface area (TPSA) is 94.6 Å². The highest BCUT2D eigenvalue weighted by Crippen LogP contribution is 2.33. The summed E-state index contributed by atoms with van der Waals surface area (Å²) in [6, 6.07) is 13.7. The van der Waals surface area contributed by atoms with E-state index in [0.717, 1.165) is 0 Å². The number of nitro benzene ring substituents is 1. The van der Waals surface area contributed by atoms with Gasteiger partial charge in [0, 0.05) is 16.7 Å². The standard InChI is InChI=1S/C19H15ClN2O5/c1-12(17-3-2-10-26-17)21-19(23)13-4-7-15(8-5-13)27-18-9-6-14(20)11-16(18)22(24)25/h2-12H,1H3,(H,21,23)/t12-/m1/s1. The maximum Gasteiger partial charge on any atom is 0.313 e. The number of nitrogens with zero attached hydrogens (tertiary/aromatic N) is 1. The molecule has 8 heteroatoms. The first-order chi connectivity index (χ1) is 12.9. The summed E-state index contributed by atoms with van der Waals surface area (Å²) in [5.41, 5.74) is 0.183. The number of ether oxygens (including phenoxy) is 1. The summed E-state index contributed by atoms with van der Waals surface area (Å²) in [5, 5.41) is 14.2. The van der Waals surface area contributed by atoms with Crippen LogP contribution in [0.4, 0.5) is 5.69 Å². The third-order valence-electron chi connectivity index (χ3n) is 3.78. The minimum Gasteiger partial charge on any atom is -0.467 e. The molecular formula is C19H15ClN2O5. The number of benzene rings is 2. The molecule has 0 saturated heterocycles. The predicted octanol–water partition coefficient (Wildman–Crippen LogP) is 5.12. The van der Waals surface area contributed by atoms with Crippen LogP contribution in [0.5, 0.6) is 11.5 Å². The lowest BCUT2D eigenvalue weighted by atomic mass is 10.1. The zero-order valence-corrected chi connectivity index (χ0v) is 15.0. The first-order valence-corrected chi connectivity index (χ1v) is 8.38. The smallest absolute Gasteiger partial charge is 0.313 e. The van der Waals surface area contributed by atoms with Crippen molar-refractivity contribution in [3.63, 3.8) is 0 Å². The number of furan rings is 1. The lowest BCUT2D eigenvalue weighted by Crippen LogP contribution is -2.26. The Hall–Kier alpha value is -3.32. The first-order valence-electron chi connectivity index (χ1n) is 8.00. The summed E-state index contributed by atoms with van der Waals surface area (Å²) in [7, 11) is 0. The predicted molar refractivity (Wildman–Crippen MR) is 99.2 cm³/mol. The number of carbonyl (C=O) groups is 1. The number of carbonyl (C=O) groups excluding carboxylic acids is 1. The van der Waals surface area contributed by atoms with Gasteiger partial charge in [-0.05, 0) is 55.5 Å². The van der Waals surface area contributed by atoms with Crippen molar-refractivity contribution in [3.8, 4) is 11.5 Å². The van der Waals surface area contributed by atoms with Gasteiger partial charge in [-0.15, -0.1) is 0 Å². The van der Waals surface area contributed by atoms with Crippen molar-refractivity contribution in [1.82, 2.24) is 5.32 Å². The number of amides is 1. The molecule has 1 atom stereocenters. The molecule has 3 aromatic rings. The van der Waals surface area contributed by atoms with Crippen molar-refractivity contribution in [1.29, 1.82) is 0 Å². The maximum atomic E-state index is 12.3. The highest BCUT2D eigenvalue weighted by molar-refractivity contribution is 6.30.